The van der Waals surface area contributed by atoms with Gasteiger partial charge in [0.15, 0.2) is 5.70 Å². The van der Waals surface area contributed by atoms with E-state index < -0.39 is 17.6 Å². The molecule has 0 aliphatic heterocycles. The Morgan fingerprint density at radius 1 is 1.21 bits per heavy atom. The van der Waals surface area contributed by atoms with Crippen LogP contribution in [0.1, 0.15) is 13.8 Å². The molecule has 0 heterocycles. The molecule has 14 heavy (non-hydrogen) atoms. The summed E-state index contributed by atoms with van der Waals surface area (Å²) in [6.45, 7) is 3.44. The molecular weight excluding hydrogens is 190 g/mol. The molecular formula is C8H11NO5. The predicted octanol–water partition coefficient (Wildman–Crippen LogP) is 0.763. The molecule has 0 aliphatic carbocycles. The van der Waals surface area contributed by atoms with Gasteiger partial charge in [0.1, 0.15) is 0 Å². The zero-order valence-corrected chi connectivity index (χ0v) is 7.98. The standard InChI is InChI=1S/C8H11NO5/c1-3-13-7(10)5-6(9-12)8(11)14-4-2/h5H,3-4H2,1-2H3. The van der Waals surface area contributed by atoms with Crippen LogP contribution in [0.15, 0.2) is 16.9 Å². The van der Waals surface area contributed by atoms with E-state index in [2.05, 4.69) is 14.7 Å². The summed E-state index contributed by atoms with van der Waals surface area (Å²) in [5.41, 5.74) is -0.592. The highest BCUT2D eigenvalue weighted by molar-refractivity contribution is 5.95. The van der Waals surface area contributed by atoms with Gasteiger partial charge in [-0.2, -0.15) is 0 Å². The molecule has 6 heteroatoms. The zero-order chi connectivity index (χ0) is 11.0. The molecule has 0 rings (SSSR count). The average molecular weight is 201 g/mol. The summed E-state index contributed by atoms with van der Waals surface area (Å²) in [4.78, 5) is 31.9. The number of rotatable bonds is 5. The first-order valence-electron chi connectivity index (χ1n) is 4.04. The lowest BCUT2D eigenvalue weighted by Crippen LogP contribution is -2.09. The minimum absolute atomic E-state index is 0.106. The fourth-order valence-corrected chi connectivity index (χ4v) is 0.623. The van der Waals surface area contributed by atoms with Gasteiger partial charge in [-0.25, -0.2) is 9.59 Å². The highest BCUT2D eigenvalue weighted by atomic mass is 16.5. The molecule has 0 unspecified atom stereocenters. The van der Waals surface area contributed by atoms with E-state index in [-0.39, 0.29) is 13.2 Å². The number of carbonyl (C=O) groups is 2. The van der Waals surface area contributed by atoms with Gasteiger partial charge in [0.25, 0.3) is 0 Å². The van der Waals surface area contributed by atoms with Crippen molar-refractivity contribution in [2.24, 2.45) is 5.18 Å². The summed E-state index contributed by atoms with van der Waals surface area (Å²) in [6, 6.07) is 0. The molecule has 0 atom stereocenters. The molecule has 0 aromatic heterocycles. The monoisotopic (exact) mass is 201 g/mol. The highest BCUT2D eigenvalue weighted by Gasteiger charge is 2.13. The maximum atomic E-state index is 10.9. The number of carbonyl (C=O) groups excluding carboxylic acids is 2. The van der Waals surface area contributed by atoms with Crippen molar-refractivity contribution in [3.05, 3.63) is 16.7 Å². The van der Waals surface area contributed by atoms with Crippen molar-refractivity contribution in [3.8, 4) is 0 Å². The quantitative estimate of drug-likeness (QED) is 0.372. The van der Waals surface area contributed by atoms with E-state index in [0.29, 0.717) is 6.08 Å². The van der Waals surface area contributed by atoms with Crippen LogP contribution < -0.4 is 0 Å². The van der Waals surface area contributed by atoms with E-state index in [1.54, 1.807) is 13.8 Å². The van der Waals surface area contributed by atoms with Gasteiger partial charge in [0.2, 0.25) is 0 Å². The summed E-state index contributed by atoms with van der Waals surface area (Å²) in [6.07, 6.45) is 0.703. The molecule has 0 saturated carbocycles. The second-order valence-electron chi connectivity index (χ2n) is 2.09. The third-order valence-electron chi connectivity index (χ3n) is 1.12. The number of nitrogens with zero attached hydrogens (tertiary/aromatic N) is 1. The van der Waals surface area contributed by atoms with Gasteiger partial charge >= 0.3 is 11.9 Å². The topological polar surface area (TPSA) is 82.0 Å². The van der Waals surface area contributed by atoms with Crippen molar-refractivity contribution in [1.29, 1.82) is 0 Å². The highest BCUT2D eigenvalue weighted by Crippen LogP contribution is 2.00. The van der Waals surface area contributed by atoms with Crippen LogP contribution in [-0.2, 0) is 19.1 Å². The van der Waals surface area contributed by atoms with Crippen molar-refractivity contribution in [2.75, 3.05) is 13.2 Å². The third-order valence-corrected chi connectivity index (χ3v) is 1.12. The smallest absolute Gasteiger partial charge is 0.360 e. The molecule has 0 radical (unpaired) electrons. The zero-order valence-electron chi connectivity index (χ0n) is 7.98. The molecule has 0 saturated heterocycles. The van der Waals surface area contributed by atoms with E-state index in [1.807, 2.05) is 0 Å². The molecule has 0 aliphatic rings. The van der Waals surface area contributed by atoms with Crippen molar-refractivity contribution in [1.82, 2.24) is 0 Å². The second kappa shape index (κ2) is 6.76. The van der Waals surface area contributed by atoms with Gasteiger partial charge in [-0.05, 0) is 19.0 Å². The van der Waals surface area contributed by atoms with Crippen LogP contribution >= 0.6 is 0 Å². The number of nitroso groups, excluding NO2 is 1. The minimum atomic E-state index is -0.935. The lowest BCUT2D eigenvalue weighted by Gasteiger charge is -1.99. The van der Waals surface area contributed by atoms with Crippen LogP contribution in [0.5, 0.6) is 0 Å². The summed E-state index contributed by atoms with van der Waals surface area (Å²) in [5, 5.41) is 2.36. The number of ether oxygens (including phenoxy) is 2. The van der Waals surface area contributed by atoms with Crippen molar-refractivity contribution >= 4 is 11.9 Å². The number of hydrogen-bond acceptors (Lipinski definition) is 6. The van der Waals surface area contributed by atoms with E-state index >= 15 is 0 Å². The normalized spacial score (nSPS) is 10.6. The lowest BCUT2D eigenvalue weighted by molar-refractivity contribution is -0.141. The summed E-state index contributed by atoms with van der Waals surface area (Å²) in [7, 11) is 0. The van der Waals surface area contributed by atoms with Crippen molar-refractivity contribution in [2.45, 2.75) is 13.8 Å². The van der Waals surface area contributed by atoms with Gasteiger partial charge in [-0.3, -0.25) is 0 Å². The molecule has 6 nitrogen and oxygen atoms in total. The van der Waals surface area contributed by atoms with Crippen LogP contribution in [0.3, 0.4) is 0 Å². The Morgan fingerprint density at radius 3 is 2.21 bits per heavy atom. The first-order chi connectivity index (χ1) is 6.65. The average Bonchev–Trinajstić information content (AvgIpc) is 2.15. The summed E-state index contributed by atoms with van der Waals surface area (Å²) in [5.74, 6) is -1.73. The Hall–Kier alpha value is -1.72. The van der Waals surface area contributed by atoms with Crippen LogP contribution in [0.4, 0.5) is 0 Å². The first-order valence-corrected chi connectivity index (χ1v) is 4.04. The van der Waals surface area contributed by atoms with Crippen molar-refractivity contribution in [3.63, 3.8) is 0 Å². The Bertz CT molecular complexity index is 258. The molecule has 0 spiro atoms. The van der Waals surface area contributed by atoms with Gasteiger partial charge in [0.05, 0.1) is 19.3 Å². The van der Waals surface area contributed by atoms with Crippen LogP contribution in [0.2, 0.25) is 0 Å². The summed E-state index contributed by atoms with van der Waals surface area (Å²) < 4.78 is 8.95. The maximum absolute atomic E-state index is 10.9. The number of hydrogen-bond donors (Lipinski definition) is 0. The van der Waals surface area contributed by atoms with Crippen LogP contribution in [-0.4, -0.2) is 25.2 Å². The van der Waals surface area contributed by atoms with E-state index in [1.165, 1.54) is 0 Å². The van der Waals surface area contributed by atoms with Crippen LogP contribution in [0.25, 0.3) is 0 Å². The fourth-order valence-electron chi connectivity index (χ4n) is 0.623. The van der Waals surface area contributed by atoms with Gasteiger partial charge in [0, 0.05) is 0 Å². The fraction of sp³-hybridized carbons (Fsp3) is 0.500. The predicted molar refractivity (Wildman–Crippen MR) is 47.1 cm³/mol. The van der Waals surface area contributed by atoms with Gasteiger partial charge in [-0.1, -0.05) is 0 Å². The second-order valence-corrected chi connectivity index (χ2v) is 2.09. The van der Waals surface area contributed by atoms with E-state index in [9.17, 15) is 14.5 Å². The maximum Gasteiger partial charge on any atom is 0.360 e. The SMILES string of the molecule is CCOC(=O)C=C(N=O)C(=O)OCC. The Morgan fingerprint density at radius 2 is 1.79 bits per heavy atom. The van der Waals surface area contributed by atoms with Crippen molar-refractivity contribution < 1.29 is 19.1 Å². The third kappa shape index (κ3) is 4.34. The largest absolute Gasteiger partial charge is 0.463 e. The molecule has 0 bridgehead atoms. The van der Waals surface area contributed by atoms with Gasteiger partial charge < -0.3 is 9.47 Å². The van der Waals surface area contributed by atoms with Crippen LogP contribution in [0, 0.1) is 4.91 Å². The number of esters is 2. The first kappa shape index (κ1) is 12.3. The Labute approximate surface area is 80.8 Å². The van der Waals surface area contributed by atoms with Gasteiger partial charge in [-0.15, -0.1) is 4.91 Å². The van der Waals surface area contributed by atoms with E-state index in [0.717, 1.165) is 0 Å². The molecule has 0 fully saturated rings. The molecule has 0 N–H and O–H groups in total. The molecule has 0 aromatic rings. The minimum Gasteiger partial charge on any atom is -0.463 e. The lowest BCUT2D eigenvalue weighted by atomic mass is 10.4. The Balaban J connectivity index is 4.45. The van der Waals surface area contributed by atoms with E-state index in [4.69, 9.17) is 0 Å². The molecule has 0 aromatic carbocycles. The Kier molecular flexibility index (Phi) is 5.93. The summed E-state index contributed by atoms with van der Waals surface area (Å²) >= 11 is 0. The molecule has 0 amide bonds. The molecule has 78 valence electrons.